The van der Waals surface area contributed by atoms with Gasteiger partial charge in [-0.1, -0.05) is 33.1 Å². The molecule has 0 aromatic rings. The van der Waals surface area contributed by atoms with Crippen LogP contribution in [-0.4, -0.2) is 36.5 Å². The molecule has 0 amide bonds. The smallest absolute Gasteiger partial charge is 0.0681 e. The Bertz CT molecular complexity index is 249. The lowest BCUT2D eigenvalue weighted by atomic mass is 9.83. The van der Waals surface area contributed by atoms with E-state index in [1.807, 2.05) is 0 Å². The summed E-state index contributed by atoms with van der Waals surface area (Å²) in [5.41, 5.74) is -0.187. The van der Waals surface area contributed by atoms with E-state index in [0.29, 0.717) is 18.6 Å². The summed E-state index contributed by atoms with van der Waals surface area (Å²) in [6, 6.07) is 0.396. The third-order valence-electron chi connectivity index (χ3n) is 4.47. The van der Waals surface area contributed by atoms with E-state index < -0.39 is 0 Å². The first kappa shape index (κ1) is 14.3. The highest BCUT2D eigenvalue weighted by molar-refractivity contribution is 5.01. The lowest BCUT2D eigenvalue weighted by Crippen LogP contribution is -2.56. The molecule has 0 radical (unpaired) electrons. The number of hydrogen-bond donors (Lipinski definition) is 2. The summed E-state index contributed by atoms with van der Waals surface area (Å²) in [6.45, 7) is 6.00. The molecule has 0 aromatic heterocycles. The fourth-order valence-electron chi connectivity index (χ4n) is 2.99. The topological polar surface area (TPSA) is 41.5 Å². The first-order chi connectivity index (χ1) is 8.66. The average molecular weight is 255 g/mol. The van der Waals surface area contributed by atoms with Crippen LogP contribution in [-0.2, 0) is 4.74 Å². The van der Waals surface area contributed by atoms with Gasteiger partial charge in [0.15, 0.2) is 0 Å². The van der Waals surface area contributed by atoms with Crippen molar-refractivity contribution in [3.05, 3.63) is 0 Å². The molecule has 2 aliphatic rings. The summed E-state index contributed by atoms with van der Waals surface area (Å²) in [4.78, 5) is 0. The Morgan fingerprint density at radius 3 is 2.44 bits per heavy atom. The first-order valence-electron chi connectivity index (χ1n) is 7.62. The molecule has 106 valence electrons. The number of rotatable bonds is 9. The van der Waals surface area contributed by atoms with E-state index in [1.165, 1.54) is 38.5 Å². The lowest BCUT2D eigenvalue weighted by Gasteiger charge is -2.35. The number of aliphatic hydroxyl groups is 1. The molecule has 0 spiro atoms. The van der Waals surface area contributed by atoms with E-state index in [0.717, 1.165) is 12.5 Å². The van der Waals surface area contributed by atoms with Gasteiger partial charge in [-0.3, -0.25) is 0 Å². The molecular formula is C15H29NO2. The van der Waals surface area contributed by atoms with Crippen molar-refractivity contribution in [3.8, 4) is 0 Å². The van der Waals surface area contributed by atoms with E-state index in [-0.39, 0.29) is 12.1 Å². The summed E-state index contributed by atoms with van der Waals surface area (Å²) >= 11 is 0. The van der Waals surface area contributed by atoms with Crippen LogP contribution in [0.3, 0.4) is 0 Å². The van der Waals surface area contributed by atoms with Crippen LogP contribution in [0, 0.1) is 11.8 Å². The van der Waals surface area contributed by atoms with E-state index in [9.17, 15) is 5.11 Å². The molecule has 0 heterocycles. The van der Waals surface area contributed by atoms with Gasteiger partial charge in [-0.2, -0.15) is 0 Å². The standard InChI is InChI=1S/C15H29NO2/c1-12(2)16-15(10-17,14-6-7-14)11-18-9-8-13-4-3-5-13/h12-14,16-17H,3-11H2,1-2H3. The lowest BCUT2D eigenvalue weighted by molar-refractivity contribution is 0.0117. The normalized spacial score (nSPS) is 24.0. The van der Waals surface area contributed by atoms with Crippen molar-refractivity contribution in [2.45, 2.75) is 64.0 Å². The quantitative estimate of drug-likeness (QED) is 0.621. The Kier molecular flexibility index (Phi) is 5.05. The fraction of sp³-hybridized carbons (Fsp3) is 1.00. The SMILES string of the molecule is CC(C)NC(CO)(COCCC1CCC1)C1CC1. The zero-order valence-electron chi connectivity index (χ0n) is 12.0. The molecule has 18 heavy (non-hydrogen) atoms. The highest BCUT2D eigenvalue weighted by Gasteiger charge is 2.45. The predicted octanol–water partition coefficient (Wildman–Crippen LogP) is 2.33. The Balaban J connectivity index is 1.73. The van der Waals surface area contributed by atoms with Gasteiger partial charge in [-0.15, -0.1) is 0 Å². The summed E-state index contributed by atoms with van der Waals surface area (Å²) in [5.74, 6) is 1.51. The van der Waals surface area contributed by atoms with Crippen molar-refractivity contribution < 1.29 is 9.84 Å². The van der Waals surface area contributed by atoms with Crippen LogP contribution in [0.15, 0.2) is 0 Å². The molecule has 0 saturated heterocycles. The minimum atomic E-state index is -0.187. The van der Waals surface area contributed by atoms with Gasteiger partial charge in [-0.05, 0) is 31.1 Å². The van der Waals surface area contributed by atoms with Gasteiger partial charge in [0.1, 0.15) is 0 Å². The largest absolute Gasteiger partial charge is 0.394 e. The van der Waals surface area contributed by atoms with Crippen LogP contribution in [0.25, 0.3) is 0 Å². The van der Waals surface area contributed by atoms with Crippen molar-refractivity contribution in [1.82, 2.24) is 5.32 Å². The number of ether oxygens (including phenoxy) is 1. The maximum atomic E-state index is 9.76. The highest BCUT2D eigenvalue weighted by atomic mass is 16.5. The van der Waals surface area contributed by atoms with Crippen LogP contribution in [0.5, 0.6) is 0 Å². The predicted molar refractivity (Wildman–Crippen MR) is 73.6 cm³/mol. The second-order valence-electron chi connectivity index (χ2n) is 6.53. The summed E-state index contributed by atoms with van der Waals surface area (Å²) in [6.07, 6.45) is 7.84. The number of aliphatic hydroxyl groups excluding tert-OH is 1. The van der Waals surface area contributed by atoms with E-state index in [2.05, 4.69) is 19.2 Å². The van der Waals surface area contributed by atoms with Crippen LogP contribution in [0.2, 0.25) is 0 Å². The second-order valence-corrected chi connectivity index (χ2v) is 6.53. The van der Waals surface area contributed by atoms with Gasteiger partial charge < -0.3 is 15.2 Å². The second kappa shape index (κ2) is 6.36. The van der Waals surface area contributed by atoms with E-state index in [1.54, 1.807) is 0 Å². The van der Waals surface area contributed by atoms with Crippen LogP contribution >= 0.6 is 0 Å². The minimum absolute atomic E-state index is 0.187. The Labute approximate surface area is 111 Å². The van der Waals surface area contributed by atoms with Crippen molar-refractivity contribution >= 4 is 0 Å². The van der Waals surface area contributed by atoms with Crippen LogP contribution < -0.4 is 5.32 Å². The van der Waals surface area contributed by atoms with Gasteiger partial charge in [0.2, 0.25) is 0 Å². The average Bonchev–Trinajstić information content (AvgIpc) is 3.08. The van der Waals surface area contributed by atoms with E-state index in [4.69, 9.17) is 4.74 Å². The van der Waals surface area contributed by atoms with Gasteiger partial charge >= 0.3 is 0 Å². The minimum Gasteiger partial charge on any atom is -0.394 e. The molecule has 0 aromatic carbocycles. The molecule has 3 heteroatoms. The zero-order valence-corrected chi connectivity index (χ0v) is 12.0. The Hall–Kier alpha value is -0.120. The maximum Gasteiger partial charge on any atom is 0.0681 e. The van der Waals surface area contributed by atoms with Crippen molar-refractivity contribution in [3.63, 3.8) is 0 Å². The zero-order chi connectivity index (χ0) is 13.0. The van der Waals surface area contributed by atoms with Gasteiger partial charge in [0.05, 0.1) is 18.8 Å². The molecule has 2 saturated carbocycles. The van der Waals surface area contributed by atoms with Crippen molar-refractivity contribution in [1.29, 1.82) is 0 Å². The molecular weight excluding hydrogens is 226 g/mol. The van der Waals surface area contributed by atoms with E-state index >= 15 is 0 Å². The summed E-state index contributed by atoms with van der Waals surface area (Å²) in [7, 11) is 0. The molecule has 0 aliphatic heterocycles. The molecule has 1 atom stereocenters. The number of nitrogens with one attached hydrogen (secondary N) is 1. The Morgan fingerprint density at radius 2 is 2.00 bits per heavy atom. The molecule has 1 unspecified atom stereocenters. The first-order valence-corrected chi connectivity index (χ1v) is 7.62. The third kappa shape index (κ3) is 3.69. The fourth-order valence-corrected chi connectivity index (χ4v) is 2.99. The van der Waals surface area contributed by atoms with Gasteiger partial charge in [-0.25, -0.2) is 0 Å². The van der Waals surface area contributed by atoms with Gasteiger partial charge in [0, 0.05) is 12.6 Å². The Morgan fingerprint density at radius 1 is 1.28 bits per heavy atom. The van der Waals surface area contributed by atoms with Crippen molar-refractivity contribution in [2.24, 2.45) is 11.8 Å². The molecule has 3 nitrogen and oxygen atoms in total. The molecule has 0 bridgehead atoms. The third-order valence-corrected chi connectivity index (χ3v) is 4.47. The molecule has 2 N–H and O–H groups in total. The molecule has 2 aliphatic carbocycles. The monoisotopic (exact) mass is 255 g/mol. The number of hydrogen-bond acceptors (Lipinski definition) is 3. The highest BCUT2D eigenvalue weighted by Crippen LogP contribution is 2.40. The summed E-state index contributed by atoms with van der Waals surface area (Å²) in [5, 5.41) is 13.3. The van der Waals surface area contributed by atoms with Gasteiger partial charge in [0.25, 0.3) is 0 Å². The van der Waals surface area contributed by atoms with Crippen LogP contribution in [0.4, 0.5) is 0 Å². The van der Waals surface area contributed by atoms with Crippen molar-refractivity contribution in [2.75, 3.05) is 19.8 Å². The summed E-state index contributed by atoms with van der Waals surface area (Å²) < 4.78 is 5.88. The van der Waals surface area contributed by atoms with Crippen LogP contribution in [0.1, 0.15) is 52.4 Å². The molecule has 2 fully saturated rings. The molecule has 2 rings (SSSR count). The maximum absolute atomic E-state index is 9.76.